The van der Waals surface area contributed by atoms with Crippen LogP contribution in [0.25, 0.3) is 0 Å². The molecule has 12 heavy (non-hydrogen) atoms. The summed E-state index contributed by atoms with van der Waals surface area (Å²) in [6.07, 6.45) is 12.0. The van der Waals surface area contributed by atoms with Crippen LogP contribution < -0.4 is 0 Å². The van der Waals surface area contributed by atoms with Crippen LogP contribution in [0.4, 0.5) is 0 Å². The van der Waals surface area contributed by atoms with Crippen molar-refractivity contribution in [2.24, 2.45) is 11.8 Å². The first-order chi connectivity index (χ1) is 5.97. The first kappa shape index (κ1) is 7.17. The van der Waals surface area contributed by atoms with Gasteiger partial charge in [0.2, 0.25) is 0 Å². The Morgan fingerprint density at radius 3 is 1.92 bits per heavy atom. The van der Waals surface area contributed by atoms with Crippen LogP contribution in [-0.4, -0.2) is 0 Å². The second-order valence-corrected chi connectivity index (χ2v) is 4.76. The Labute approximate surface area is 75.0 Å². The summed E-state index contributed by atoms with van der Waals surface area (Å²) in [5.41, 5.74) is 3.84. The van der Waals surface area contributed by atoms with Crippen LogP contribution in [0, 0.1) is 11.8 Å². The molecule has 0 aromatic carbocycles. The lowest BCUT2D eigenvalue weighted by atomic mass is 10.0. The fourth-order valence-electron chi connectivity index (χ4n) is 3.44. The average molecular weight is 162 g/mol. The van der Waals surface area contributed by atoms with E-state index in [2.05, 4.69) is 0 Å². The molecule has 3 fully saturated rings. The number of hydrogen-bond acceptors (Lipinski definition) is 0. The summed E-state index contributed by atoms with van der Waals surface area (Å²) in [4.78, 5) is 0. The largest absolute Gasteiger partial charge is 0.0704 e. The van der Waals surface area contributed by atoms with Gasteiger partial charge in [0.25, 0.3) is 0 Å². The molecule has 0 N–H and O–H groups in total. The molecule has 3 rings (SSSR count). The number of hydrogen-bond donors (Lipinski definition) is 0. The molecular formula is C12H18. The van der Waals surface area contributed by atoms with Crippen LogP contribution in [0.1, 0.15) is 51.4 Å². The average Bonchev–Trinajstić information content (AvgIpc) is 2.58. The van der Waals surface area contributed by atoms with Gasteiger partial charge in [0.1, 0.15) is 0 Å². The third kappa shape index (κ3) is 0.967. The highest BCUT2D eigenvalue weighted by Gasteiger charge is 2.46. The Morgan fingerprint density at radius 2 is 1.33 bits per heavy atom. The van der Waals surface area contributed by atoms with Crippen LogP contribution >= 0.6 is 0 Å². The van der Waals surface area contributed by atoms with Crippen molar-refractivity contribution >= 4 is 0 Å². The molecule has 0 spiro atoms. The minimum atomic E-state index is 1.09. The normalized spacial score (nSPS) is 40.0. The molecule has 2 atom stereocenters. The molecule has 3 saturated carbocycles. The van der Waals surface area contributed by atoms with Crippen LogP contribution in [0.2, 0.25) is 0 Å². The highest BCUT2D eigenvalue weighted by atomic mass is 14.5. The standard InChI is InChI=1S/C12H18/c1-2-6-9(5-1)12-10-7-3-4-8-11(10)12/h10-11H,1-8H2/t10-,11+. The van der Waals surface area contributed by atoms with Crippen molar-refractivity contribution in [3.63, 3.8) is 0 Å². The molecule has 0 radical (unpaired) electrons. The van der Waals surface area contributed by atoms with Crippen molar-refractivity contribution in [2.45, 2.75) is 51.4 Å². The lowest BCUT2D eigenvalue weighted by Gasteiger charge is -2.04. The van der Waals surface area contributed by atoms with Gasteiger partial charge in [-0.25, -0.2) is 0 Å². The first-order valence-corrected chi connectivity index (χ1v) is 5.68. The van der Waals surface area contributed by atoms with E-state index in [9.17, 15) is 0 Å². The van der Waals surface area contributed by atoms with Crippen molar-refractivity contribution in [2.75, 3.05) is 0 Å². The summed E-state index contributed by atoms with van der Waals surface area (Å²) in [5, 5.41) is 0. The Bertz CT molecular complexity index is 202. The maximum absolute atomic E-state index is 1.95. The van der Waals surface area contributed by atoms with Gasteiger partial charge in [0.05, 0.1) is 0 Å². The van der Waals surface area contributed by atoms with Crippen molar-refractivity contribution < 1.29 is 0 Å². The summed E-state index contributed by atoms with van der Waals surface area (Å²) < 4.78 is 0. The van der Waals surface area contributed by atoms with Crippen molar-refractivity contribution in [3.8, 4) is 0 Å². The van der Waals surface area contributed by atoms with Crippen molar-refractivity contribution in [1.29, 1.82) is 0 Å². The molecule has 0 heteroatoms. The van der Waals surface area contributed by atoms with E-state index in [0.29, 0.717) is 0 Å². The molecule has 0 aromatic rings. The summed E-state index contributed by atoms with van der Waals surface area (Å²) in [5.74, 6) is 2.18. The second-order valence-electron chi connectivity index (χ2n) is 4.76. The number of allylic oxidation sites excluding steroid dienone is 2. The zero-order valence-electron chi connectivity index (χ0n) is 7.81. The molecule has 0 nitrogen and oxygen atoms in total. The van der Waals surface area contributed by atoms with Crippen LogP contribution in [0.3, 0.4) is 0 Å². The highest BCUT2D eigenvalue weighted by Crippen LogP contribution is 2.58. The van der Waals surface area contributed by atoms with Crippen molar-refractivity contribution in [1.82, 2.24) is 0 Å². The minimum Gasteiger partial charge on any atom is -0.0704 e. The molecule has 0 amide bonds. The molecule has 0 aliphatic heterocycles. The topological polar surface area (TPSA) is 0 Å². The third-order valence-electron chi connectivity index (χ3n) is 4.07. The van der Waals surface area contributed by atoms with E-state index in [1.54, 1.807) is 0 Å². The molecular weight excluding hydrogens is 144 g/mol. The molecule has 0 unspecified atom stereocenters. The van der Waals surface area contributed by atoms with Gasteiger partial charge in [0.15, 0.2) is 0 Å². The Morgan fingerprint density at radius 1 is 0.750 bits per heavy atom. The van der Waals surface area contributed by atoms with Gasteiger partial charge < -0.3 is 0 Å². The molecule has 66 valence electrons. The maximum Gasteiger partial charge on any atom is -0.0132 e. The minimum absolute atomic E-state index is 1.09. The maximum atomic E-state index is 1.95. The number of rotatable bonds is 0. The summed E-state index contributed by atoms with van der Waals surface area (Å²) in [6, 6.07) is 0. The van der Waals surface area contributed by atoms with Gasteiger partial charge >= 0.3 is 0 Å². The first-order valence-electron chi connectivity index (χ1n) is 5.68. The van der Waals surface area contributed by atoms with Gasteiger partial charge in [-0.15, -0.1) is 0 Å². The Hall–Kier alpha value is -0.260. The van der Waals surface area contributed by atoms with E-state index in [4.69, 9.17) is 0 Å². The third-order valence-corrected chi connectivity index (χ3v) is 4.07. The van der Waals surface area contributed by atoms with Crippen LogP contribution in [-0.2, 0) is 0 Å². The monoisotopic (exact) mass is 162 g/mol. The Kier molecular flexibility index (Phi) is 1.56. The number of fused-ring (bicyclic) bond motifs is 1. The summed E-state index contributed by atoms with van der Waals surface area (Å²) in [7, 11) is 0. The predicted molar refractivity (Wildman–Crippen MR) is 50.9 cm³/mol. The van der Waals surface area contributed by atoms with Gasteiger partial charge in [-0.2, -0.15) is 0 Å². The zero-order valence-corrected chi connectivity index (χ0v) is 7.81. The summed E-state index contributed by atoms with van der Waals surface area (Å²) in [6.45, 7) is 0. The van der Waals surface area contributed by atoms with Gasteiger partial charge in [-0.05, 0) is 50.4 Å². The lowest BCUT2D eigenvalue weighted by Crippen LogP contribution is -1.91. The van der Waals surface area contributed by atoms with Crippen LogP contribution in [0.15, 0.2) is 11.1 Å². The molecule has 3 aliphatic carbocycles. The van der Waals surface area contributed by atoms with Gasteiger partial charge in [-0.1, -0.05) is 24.0 Å². The second kappa shape index (κ2) is 2.61. The van der Waals surface area contributed by atoms with Gasteiger partial charge in [-0.3, -0.25) is 0 Å². The van der Waals surface area contributed by atoms with Crippen LogP contribution in [0.5, 0.6) is 0 Å². The van der Waals surface area contributed by atoms with E-state index in [0.717, 1.165) is 11.8 Å². The molecule has 0 saturated heterocycles. The van der Waals surface area contributed by atoms with E-state index in [-0.39, 0.29) is 0 Å². The van der Waals surface area contributed by atoms with Gasteiger partial charge in [0, 0.05) is 0 Å². The summed E-state index contributed by atoms with van der Waals surface area (Å²) >= 11 is 0. The van der Waals surface area contributed by atoms with E-state index in [1.807, 2.05) is 11.1 Å². The van der Waals surface area contributed by atoms with E-state index >= 15 is 0 Å². The SMILES string of the molecule is C1CCC(=C2[C@H]3CCCC[C@@H]23)C1. The molecule has 3 aliphatic rings. The molecule has 0 bridgehead atoms. The highest BCUT2D eigenvalue weighted by molar-refractivity contribution is 5.36. The lowest BCUT2D eigenvalue weighted by molar-refractivity contribution is 0.480. The van der Waals surface area contributed by atoms with E-state index in [1.165, 1.54) is 51.4 Å². The smallest absolute Gasteiger partial charge is 0.0132 e. The van der Waals surface area contributed by atoms with Crippen molar-refractivity contribution in [3.05, 3.63) is 11.1 Å². The fraction of sp³-hybridized carbons (Fsp3) is 0.833. The molecule has 0 heterocycles. The Balaban J connectivity index is 1.82. The van der Waals surface area contributed by atoms with E-state index < -0.39 is 0 Å². The quantitative estimate of drug-likeness (QED) is 0.477. The molecule has 0 aromatic heterocycles. The zero-order chi connectivity index (χ0) is 7.97. The predicted octanol–water partition coefficient (Wildman–Crippen LogP) is 3.68. The fourth-order valence-corrected chi connectivity index (χ4v) is 3.44.